The van der Waals surface area contributed by atoms with Gasteiger partial charge in [0.25, 0.3) is 0 Å². The Morgan fingerprint density at radius 2 is 1.87 bits per heavy atom. The Kier molecular flexibility index (Phi) is 6.73. The van der Waals surface area contributed by atoms with Crippen LogP contribution in [0.3, 0.4) is 0 Å². The van der Waals surface area contributed by atoms with Crippen molar-refractivity contribution >= 4 is 27.0 Å². The van der Waals surface area contributed by atoms with Crippen LogP contribution in [0.5, 0.6) is 0 Å². The zero-order chi connectivity index (χ0) is 21.7. The number of nitrogens with one attached hydrogen (secondary N) is 2. The first-order valence-corrected chi connectivity index (χ1v) is 11.3. The van der Waals surface area contributed by atoms with Gasteiger partial charge in [0.15, 0.2) is 0 Å². The van der Waals surface area contributed by atoms with Crippen molar-refractivity contribution in [3.8, 4) is 0 Å². The van der Waals surface area contributed by atoms with Gasteiger partial charge >= 0.3 is 11.7 Å². The molecule has 9 heteroatoms. The molecule has 2 aromatic carbocycles. The summed E-state index contributed by atoms with van der Waals surface area (Å²) in [6.07, 6.45) is 1.15. The molecule has 0 spiro atoms. The monoisotopic (exact) mass is 431 g/mol. The van der Waals surface area contributed by atoms with Gasteiger partial charge in [-0.15, -0.1) is 0 Å². The van der Waals surface area contributed by atoms with Gasteiger partial charge in [-0.1, -0.05) is 19.1 Å². The molecule has 0 aliphatic heterocycles. The van der Waals surface area contributed by atoms with Crippen molar-refractivity contribution in [2.75, 3.05) is 6.61 Å². The van der Waals surface area contributed by atoms with Gasteiger partial charge in [0.05, 0.1) is 28.1 Å². The maximum atomic E-state index is 12.3. The lowest BCUT2D eigenvalue weighted by Gasteiger charge is -2.12. The maximum Gasteiger partial charge on any atom is 0.338 e. The van der Waals surface area contributed by atoms with Crippen molar-refractivity contribution in [3.63, 3.8) is 0 Å². The highest BCUT2D eigenvalue weighted by atomic mass is 32.2. The summed E-state index contributed by atoms with van der Waals surface area (Å²) in [5.74, 6) is -0.542. The molecule has 0 amide bonds. The van der Waals surface area contributed by atoms with Gasteiger partial charge in [-0.05, 0) is 56.2 Å². The van der Waals surface area contributed by atoms with Gasteiger partial charge in [0.1, 0.15) is 0 Å². The SMILES string of the molecule is CCC(C)NS(=O)(=O)c1ccc(C(=O)OCCCn2c(=O)[nH]c3ccccc32)cc1. The molecule has 30 heavy (non-hydrogen) atoms. The van der Waals surface area contributed by atoms with E-state index in [1.54, 1.807) is 11.5 Å². The minimum atomic E-state index is -3.62. The van der Waals surface area contributed by atoms with Crippen LogP contribution < -0.4 is 10.4 Å². The summed E-state index contributed by atoms with van der Waals surface area (Å²) < 4.78 is 34.0. The number of para-hydroxylation sites is 2. The van der Waals surface area contributed by atoms with Crippen molar-refractivity contribution in [1.29, 1.82) is 0 Å². The zero-order valence-electron chi connectivity index (χ0n) is 16.9. The summed E-state index contributed by atoms with van der Waals surface area (Å²) in [4.78, 5) is 27.1. The molecule has 0 fully saturated rings. The predicted molar refractivity (Wildman–Crippen MR) is 114 cm³/mol. The number of aromatic nitrogens is 2. The predicted octanol–water partition coefficient (Wildman–Crippen LogP) is 2.65. The van der Waals surface area contributed by atoms with E-state index < -0.39 is 16.0 Å². The number of ether oxygens (including phenoxy) is 1. The third-order valence-corrected chi connectivity index (χ3v) is 6.42. The van der Waals surface area contributed by atoms with Crippen LogP contribution in [0.4, 0.5) is 0 Å². The highest BCUT2D eigenvalue weighted by Crippen LogP contribution is 2.13. The van der Waals surface area contributed by atoms with E-state index in [4.69, 9.17) is 4.74 Å². The molecule has 1 atom stereocenters. The standard InChI is InChI=1S/C21H25N3O5S/c1-3-15(2)23-30(27,28)17-11-9-16(10-12-17)20(25)29-14-6-13-24-19-8-5-4-7-18(19)22-21(24)26/h4-5,7-12,15,23H,3,6,13-14H2,1-2H3,(H,22,26). The van der Waals surface area contributed by atoms with E-state index in [9.17, 15) is 18.0 Å². The molecular weight excluding hydrogens is 406 g/mol. The first kappa shape index (κ1) is 21.8. The fourth-order valence-corrected chi connectivity index (χ4v) is 4.31. The second kappa shape index (κ2) is 9.27. The van der Waals surface area contributed by atoms with E-state index in [0.717, 1.165) is 11.0 Å². The molecule has 0 bridgehead atoms. The molecule has 1 unspecified atom stereocenters. The number of esters is 1. The Hall–Kier alpha value is -2.91. The summed E-state index contributed by atoms with van der Waals surface area (Å²) in [5, 5.41) is 0. The number of carbonyl (C=O) groups excluding carboxylic acids is 1. The number of carbonyl (C=O) groups is 1. The van der Waals surface area contributed by atoms with Crippen LogP contribution in [0, 0.1) is 0 Å². The number of sulfonamides is 1. The van der Waals surface area contributed by atoms with Gasteiger partial charge < -0.3 is 9.72 Å². The fourth-order valence-electron chi connectivity index (χ4n) is 2.99. The quantitative estimate of drug-likeness (QED) is 0.400. The van der Waals surface area contributed by atoms with E-state index in [1.165, 1.54) is 24.3 Å². The van der Waals surface area contributed by atoms with Gasteiger partial charge in [-0.3, -0.25) is 4.57 Å². The van der Waals surface area contributed by atoms with Crippen LogP contribution in [0.15, 0.2) is 58.2 Å². The van der Waals surface area contributed by atoms with E-state index in [0.29, 0.717) is 19.4 Å². The van der Waals surface area contributed by atoms with Crippen molar-refractivity contribution in [1.82, 2.24) is 14.3 Å². The molecule has 3 rings (SSSR count). The average Bonchev–Trinajstić information content (AvgIpc) is 3.05. The fraction of sp³-hybridized carbons (Fsp3) is 0.333. The minimum absolute atomic E-state index is 0.0954. The van der Waals surface area contributed by atoms with E-state index in [-0.39, 0.29) is 28.8 Å². The van der Waals surface area contributed by atoms with E-state index in [2.05, 4.69) is 9.71 Å². The number of hydrogen-bond donors (Lipinski definition) is 2. The van der Waals surface area contributed by atoms with Gasteiger partial charge in [0, 0.05) is 12.6 Å². The molecule has 0 radical (unpaired) electrons. The number of nitrogens with zero attached hydrogens (tertiary/aromatic N) is 1. The number of hydrogen-bond acceptors (Lipinski definition) is 5. The Labute approximate surface area is 174 Å². The molecule has 0 saturated carbocycles. The Balaban J connectivity index is 1.55. The van der Waals surface area contributed by atoms with Crippen LogP contribution >= 0.6 is 0 Å². The molecule has 0 aliphatic rings. The van der Waals surface area contributed by atoms with Gasteiger partial charge in [-0.25, -0.2) is 22.7 Å². The summed E-state index contributed by atoms with van der Waals surface area (Å²) in [6.45, 7) is 4.23. The highest BCUT2D eigenvalue weighted by molar-refractivity contribution is 7.89. The van der Waals surface area contributed by atoms with Crippen LogP contribution in [0.25, 0.3) is 11.0 Å². The molecule has 8 nitrogen and oxygen atoms in total. The molecule has 0 aliphatic carbocycles. The van der Waals surface area contributed by atoms with Crippen molar-refractivity contribution in [2.45, 2.75) is 44.2 Å². The summed E-state index contributed by atoms with van der Waals surface area (Å²) >= 11 is 0. The Bertz CT molecular complexity index is 1180. The van der Waals surface area contributed by atoms with Gasteiger partial charge in [-0.2, -0.15) is 0 Å². The molecular formula is C21H25N3O5S. The van der Waals surface area contributed by atoms with Crippen LogP contribution in [-0.2, 0) is 21.3 Å². The second-order valence-corrected chi connectivity index (χ2v) is 8.76. The lowest BCUT2D eigenvalue weighted by molar-refractivity contribution is 0.0496. The summed E-state index contributed by atoms with van der Waals surface area (Å²) in [6, 6.07) is 12.8. The maximum absolute atomic E-state index is 12.3. The molecule has 3 aromatic rings. The Morgan fingerprint density at radius 3 is 2.57 bits per heavy atom. The largest absolute Gasteiger partial charge is 0.462 e. The average molecular weight is 432 g/mol. The molecule has 2 N–H and O–H groups in total. The van der Waals surface area contributed by atoms with Crippen LogP contribution in [0.2, 0.25) is 0 Å². The third-order valence-electron chi connectivity index (χ3n) is 4.81. The number of aryl methyl sites for hydroxylation is 1. The lowest BCUT2D eigenvalue weighted by atomic mass is 10.2. The molecule has 0 saturated heterocycles. The number of H-pyrrole nitrogens is 1. The number of imidazole rings is 1. The third kappa shape index (κ3) is 4.98. The van der Waals surface area contributed by atoms with Crippen molar-refractivity contribution in [2.24, 2.45) is 0 Å². The van der Waals surface area contributed by atoms with Crippen molar-refractivity contribution < 1.29 is 17.9 Å². The topological polar surface area (TPSA) is 110 Å². The van der Waals surface area contributed by atoms with Crippen LogP contribution in [-0.4, -0.2) is 36.6 Å². The minimum Gasteiger partial charge on any atom is -0.462 e. The number of benzene rings is 2. The smallest absolute Gasteiger partial charge is 0.338 e. The summed E-state index contributed by atoms with van der Waals surface area (Å²) in [7, 11) is -3.62. The van der Waals surface area contributed by atoms with Crippen LogP contribution in [0.1, 0.15) is 37.0 Å². The second-order valence-electron chi connectivity index (χ2n) is 7.04. The lowest BCUT2D eigenvalue weighted by Crippen LogP contribution is -2.32. The molecule has 1 aromatic heterocycles. The summed E-state index contributed by atoms with van der Waals surface area (Å²) in [5.41, 5.74) is 1.63. The normalized spacial score (nSPS) is 12.7. The van der Waals surface area contributed by atoms with Crippen molar-refractivity contribution in [3.05, 3.63) is 64.6 Å². The number of rotatable bonds is 9. The van der Waals surface area contributed by atoms with E-state index >= 15 is 0 Å². The number of fused-ring (bicyclic) bond motifs is 1. The first-order valence-electron chi connectivity index (χ1n) is 9.79. The van der Waals surface area contributed by atoms with Gasteiger partial charge in [0.2, 0.25) is 10.0 Å². The van der Waals surface area contributed by atoms with E-state index in [1.807, 2.05) is 31.2 Å². The highest BCUT2D eigenvalue weighted by Gasteiger charge is 2.17. The zero-order valence-corrected chi connectivity index (χ0v) is 17.7. The number of aromatic amines is 1. The molecule has 1 heterocycles. The molecule has 160 valence electrons. The first-order chi connectivity index (χ1) is 14.3. The Morgan fingerprint density at radius 1 is 1.17 bits per heavy atom.